The van der Waals surface area contributed by atoms with Gasteiger partial charge in [0.25, 0.3) is 0 Å². The van der Waals surface area contributed by atoms with E-state index in [0.29, 0.717) is 0 Å². The zero-order valence-electron chi connectivity index (χ0n) is 37.3. The van der Waals surface area contributed by atoms with Gasteiger partial charge in [0.2, 0.25) is 0 Å². The largest absolute Gasteiger partial charge is 1.00 e. The number of rotatable bonds is 0. The van der Waals surface area contributed by atoms with Crippen molar-refractivity contribution in [3.63, 3.8) is 0 Å². The summed E-state index contributed by atoms with van der Waals surface area (Å²) in [5.41, 5.74) is 0. The van der Waals surface area contributed by atoms with E-state index in [1.807, 2.05) is 0 Å². The van der Waals surface area contributed by atoms with Crippen molar-refractivity contribution in [2.75, 3.05) is 0 Å². The summed E-state index contributed by atoms with van der Waals surface area (Å²) < 4.78 is 0. The molecule has 0 saturated carbocycles. The Morgan fingerprint density at radius 2 is 0.0526 bits per heavy atom. The van der Waals surface area contributed by atoms with Gasteiger partial charge >= 0.3 is 739 Å². The van der Waals surface area contributed by atoms with E-state index in [-0.39, 0.29) is 1280 Å². The molecule has 0 aromatic rings. The molecule has 0 nitrogen and oxygen atoms in total. The van der Waals surface area contributed by atoms with Gasteiger partial charge in [0, 0.05) is 0 Å². The molecule has 0 atom stereocenters. The summed E-state index contributed by atoms with van der Waals surface area (Å²) in [7, 11) is 0. The van der Waals surface area contributed by atoms with Crippen molar-refractivity contribution in [2.45, 2.75) is 0 Å². The summed E-state index contributed by atoms with van der Waals surface area (Å²) in [5.74, 6) is 0. The van der Waals surface area contributed by atoms with Crippen molar-refractivity contribution in [3.8, 4) is 0 Å². The van der Waals surface area contributed by atoms with Gasteiger partial charge in [0.1, 0.15) is 0 Å². The Morgan fingerprint density at radius 3 is 0.0526 bits per heavy atom. The van der Waals surface area contributed by atoms with Gasteiger partial charge in [-0.3, -0.25) is 0 Å². The van der Waals surface area contributed by atoms with Crippen molar-refractivity contribution in [3.05, 3.63) is 0 Å². The molecule has 0 bridgehead atoms. The minimum atomic E-state index is 0. The zero-order valence-corrected chi connectivity index (χ0v) is 139. The topological polar surface area (TPSA) is 0 Å². The summed E-state index contributed by atoms with van der Waals surface area (Å²) in [6.45, 7) is 0. The van der Waals surface area contributed by atoms with Gasteiger partial charge in [-0.1, -0.05) is 0 Å². The van der Waals surface area contributed by atoms with Crippen LogP contribution < -0.4 is 1160 Å². The van der Waals surface area contributed by atoms with Crippen LogP contribution in [0.3, 0.4) is 0 Å². The summed E-state index contributed by atoms with van der Waals surface area (Å²) in [6.07, 6.45) is 0. The molecule has 57 heteroatoms. The van der Waals surface area contributed by atoms with E-state index in [9.17, 15) is 0 Å². The van der Waals surface area contributed by atoms with Crippen LogP contribution in [-0.2, 0) is 0 Å². The molecule has 0 aliphatic carbocycles. The van der Waals surface area contributed by atoms with Crippen molar-refractivity contribution >= 4 is 119 Å². The molecular formula is H7Br32Na25. The fourth-order valence-corrected chi connectivity index (χ4v) is 0. The predicted octanol–water partition coefficient (Wildman–Crippen LogP) is -146. The van der Waals surface area contributed by atoms with Crippen LogP contribution in [0.5, 0.6) is 0 Å². The molecular weight excluding hydrogens is 3130 g/mol. The molecule has 0 heterocycles. The SMILES string of the molecule is Br.Br.Br.Br.Br.Br.Br.[Br-].[Br-].[Br-].[Br-].[Br-].[Br-].[Br-].[Br-].[Br-].[Br-].[Br-].[Br-].[Br-].[Br-].[Br-].[Br-].[Br-].[Br-].[Br-].[Br-].[Br-].[Br-].[Br-].[Br-].[Br-].[Na+].[Na+].[Na+].[Na+].[Na+].[Na+].[Na+].[Na+].[Na+].[Na+].[Na+].[Na+].[Na+].[Na+].[Na+].[Na+].[Na+].[Na+].[Na+].[Na+].[Na+].[Na+].[Na+].[Na+].[Na+]. The molecule has 0 spiro atoms. The Labute approximate surface area is 1240 Å². The van der Waals surface area contributed by atoms with E-state index in [4.69, 9.17) is 0 Å². The van der Waals surface area contributed by atoms with Crippen molar-refractivity contribution in [2.24, 2.45) is 0 Å². The van der Waals surface area contributed by atoms with Crippen LogP contribution in [0, 0.1) is 0 Å². The number of hydrogen-bond donors (Lipinski definition) is 0. The molecule has 0 fully saturated rings. The molecule has 0 aliphatic rings. The van der Waals surface area contributed by atoms with Crippen molar-refractivity contribution in [1.82, 2.24) is 0 Å². The average molecular weight is 3140 g/mol. The first-order valence-electron chi connectivity index (χ1n) is 0. The third kappa shape index (κ3) is 527. The van der Waals surface area contributed by atoms with E-state index < -0.39 is 0 Å². The second-order valence-corrected chi connectivity index (χ2v) is 0. The first kappa shape index (κ1) is 555. The Morgan fingerprint density at radius 1 is 0.0526 bits per heavy atom. The summed E-state index contributed by atoms with van der Waals surface area (Å²) in [6, 6.07) is 0. The van der Waals surface area contributed by atoms with Gasteiger partial charge in [0.15, 0.2) is 0 Å². The minimum absolute atomic E-state index is 0. The fourth-order valence-electron chi connectivity index (χ4n) is 0. The van der Waals surface area contributed by atoms with Gasteiger partial charge in [-0.2, -0.15) is 0 Å². The third-order valence-electron chi connectivity index (χ3n) is 0. The van der Waals surface area contributed by atoms with E-state index in [2.05, 4.69) is 0 Å². The Balaban J connectivity index is 0. The van der Waals surface area contributed by atoms with Crippen LogP contribution in [0.4, 0.5) is 0 Å². The summed E-state index contributed by atoms with van der Waals surface area (Å²) >= 11 is 0. The second-order valence-electron chi connectivity index (χ2n) is 0. The molecule has 0 unspecified atom stereocenters. The second kappa shape index (κ2) is 538. The molecule has 57 heavy (non-hydrogen) atoms. The van der Waals surface area contributed by atoms with E-state index in [1.165, 1.54) is 0 Å². The van der Waals surface area contributed by atoms with Crippen molar-refractivity contribution in [1.29, 1.82) is 0 Å². The van der Waals surface area contributed by atoms with Crippen LogP contribution in [0.25, 0.3) is 0 Å². The molecule has 0 aromatic carbocycles. The Hall–Kier alpha value is 40.4. The fraction of sp³-hybridized carbons (Fsp3) is 0. The predicted molar refractivity (Wildman–Crippen MR) is 72.3 cm³/mol. The van der Waals surface area contributed by atoms with Gasteiger partial charge in [0.05, 0.1) is 0 Å². The van der Waals surface area contributed by atoms with Crippen LogP contribution in [0.1, 0.15) is 0 Å². The van der Waals surface area contributed by atoms with Gasteiger partial charge in [-0.25, -0.2) is 0 Å². The van der Waals surface area contributed by atoms with E-state index in [0.717, 1.165) is 0 Å². The number of hydrogen-bond acceptors (Lipinski definition) is 0. The molecule has 0 aromatic heterocycles. The Kier molecular flexibility index (Phi) is 5240. The summed E-state index contributed by atoms with van der Waals surface area (Å²) in [5, 5.41) is 0. The molecule has 0 rings (SSSR count). The average Bonchev–Trinajstić information content (AvgIpc) is 0. The maximum atomic E-state index is 0. The van der Waals surface area contributed by atoms with E-state index in [1.54, 1.807) is 0 Å². The Bertz CT molecular complexity index is 56.4. The van der Waals surface area contributed by atoms with Crippen molar-refractivity contribution < 1.29 is 1160 Å². The summed E-state index contributed by atoms with van der Waals surface area (Å²) in [4.78, 5) is 0. The third-order valence-corrected chi connectivity index (χ3v) is 0. The van der Waals surface area contributed by atoms with Gasteiger partial charge in [-0.15, -0.1) is 119 Å². The first-order valence-corrected chi connectivity index (χ1v) is 0. The minimum Gasteiger partial charge on any atom is -1.00 e. The standard InChI is InChI=1S/32BrH.25Na/h32*1H;;;;;;;;;;;;;;;;;;;;;;;;;/q;;;;;;;;;;;;;;;;;;;;;;;;;;;;;;;;25*+1/p-25. The maximum absolute atomic E-state index is 0. The maximum Gasteiger partial charge on any atom is 1.00 e. The molecule has 0 N–H and O–H groups in total. The molecule has 0 radical (unpaired) electrons. The molecule has 0 amide bonds. The normalized spacial score (nSPS) is 0. The first-order chi connectivity index (χ1) is 0. The molecule has 0 saturated heterocycles. The quantitative estimate of drug-likeness (QED) is 0.212. The van der Waals surface area contributed by atoms with E-state index >= 15 is 0 Å². The van der Waals surface area contributed by atoms with Crippen LogP contribution >= 0.6 is 119 Å². The van der Waals surface area contributed by atoms with Crippen LogP contribution in [0.2, 0.25) is 0 Å². The van der Waals surface area contributed by atoms with Crippen LogP contribution in [0.15, 0.2) is 0 Å². The monoisotopic (exact) mass is 3110 g/mol. The molecule has 256 valence electrons. The smallest absolute Gasteiger partial charge is 1.00 e. The van der Waals surface area contributed by atoms with Gasteiger partial charge in [-0.05, 0) is 0 Å². The zero-order chi connectivity index (χ0) is 0. The van der Waals surface area contributed by atoms with Gasteiger partial charge < -0.3 is 425 Å². The van der Waals surface area contributed by atoms with Crippen LogP contribution in [-0.4, -0.2) is 0 Å². The molecule has 0 aliphatic heterocycles. The number of halogens is 32.